The zero-order valence-electron chi connectivity index (χ0n) is 11.4. The largest absolute Gasteiger partial charge is 0.481 e. The monoisotopic (exact) mass is 312 g/mol. The molecule has 0 aromatic carbocycles. The maximum atomic E-state index is 12.4. The maximum Gasteiger partial charge on any atom is 0.406 e. The van der Waals surface area contributed by atoms with E-state index in [4.69, 9.17) is 10.2 Å². The third-order valence-electron chi connectivity index (χ3n) is 3.38. The number of carboxylic acid groups (broad SMARTS) is 1. The van der Waals surface area contributed by atoms with Crippen molar-refractivity contribution in [3.8, 4) is 0 Å². The van der Waals surface area contributed by atoms with E-state index < -0.39 is 49.8 Å². The molecular weight excluding hydrogens is 293 g/mol. The first kappa shape index (κ1) is 17.5. The predicted molar refractivity (Wildman–Crippen MR) is 66.6 cm³/mol. The van der Waals surface area contributed by atoms with Crippen LogP contribution in [0.3, 0.4) is 0 Å². The summed E-state index contributed by atoms with van der Waals surface area (Å²) in [4.78, 5) is 23.2. The number of aliphatic hydroxyl groups is 1. The summed E-state index contributed by atoms with van der Waals surface area (Å²) in [6.45, 7) is -2.46. The zero-order valence-corrected chi connectivity index (χ0v) is 11.4. The Balaban J connectivity index is 2.57. The van der Waals surface area contributed by atoms with Gasteiger partial charge in [-0.15, -0.1) is 0 Å². The van der Waals surface area contributed by atoms with Gasteiger partial charge in [0.15, 0.2) is 0 Å². The van der Waals surface area contributed by atoms with E-state index in [0.717, 1.165) is 0 Å². The molecule has 21 heavy (non-hydrogen) atoms. The smallest absolute Gasteiger partial charge is 0.406 e. The topological polar surface area (TPSA) is 89.9 Å². The second kappa shape index (κ2) is 7.48. The first-order chi connectivity index (χ1) is 9.73. The van der Waals surface area contributed by atoms with Crippen molar-refractivity contribution in [1.29, 1.82) is 0 Å². The molecule has 2 unspecified atom stereocenters. The fraction of sp³-hybridized carbons (Fsp3) is 0.833. The average Bonchev–Trinajstić information content (AvgIpc) is 2.37. The Bertz CT molecular complexity index is 376. The lowest BCUT2D eigenvalue weighted by atomic mass is 9.86. The molecule has 0 aliphatic heterocycles. The lowest BCUT2D eigenvalue weighted by molar-refractivity contribution is -0.143. The van der Waals surface area contributed by atoms with E-state index in [0.29, 0.717) is 24.2 Å². The minimum atomic E-state index is -4.55. The Kier molecular flexibility index (Phi) is 6.25. The number of alkyl halides is 3. The van der Waals surface area contributed by atoms with Gasteiger partial charge in [-0.3, -0.25) is 4.79 Å². The van der Waals surface area contributed by atoms with Gasteiger partial charge in [-0.05, 0) is 19.3 Å². The number of nitrogens with zero attached hydrogens (tertiary/aromatic N) is 1. The van der Waals surface area contributed by atoms with Crippen LogP contribution in [-0.2, 0) is 4.79 Å². The third-order valence-corrected chi connectivity index (χ3v) is 3.38. The molecule has 3 N–H and O–H groups in total. The third kappa shape index (κ3) is 6.19. The second-order valence-corrected chi connectivity index (χ2v) is 5.11. The van der Waals surface area contributed by atoms with Crippen molar-refractivity contribution >= 4 is 12.0 Å². The van der Waals surface area contributed by atoms with Crippen LogP contribution >= 0.6 is 0 Å². The fourth-order valence-corrected chi connectivity index (χ4v) is 2.40. The standard InChI is InChI=1S/C12H19F3N2O4/c13-12(14,15)7-17(4-5-18)11(21)16-9-3-1-2-8(6-9)10(19)20/h8-9,18H,1-7H2,(H,16,21)(H,19,20). The average molecular weight is 312 g/mol. The molecule has 0 aromatic rings. The Morgan fingerprint density at radius 3 is 2.48 bits per heavy atom. The number of aliphatic hydroxyl groups excluding tert-OH is 1. The highest BCUT2D eigenvalue weighted by atomic mass is 19.4. The molecule has 6 nitrogen and oxygen atoms in total. The summed E-state index contributed by atoms with van der Waals surface area (Å²) in [6.07, 6.45) is -2.71. The Labute approximate surface area is 119 Å². The van der Waals surface area contributed by atoms with Gasteiger partial charge in [0.1, 0.15) is 6.54 Å². The van der Waals surface area contributed by atoms with Gasteiger partial charge < -0.3 is 20.4 Å². The first-order valence-corrected chi connectivity index (χ1v) is 6.68. The molecule has 0 heterocycles. The molecule has 2 atom stereocenters. The van der Waals surface area contributed by atoms with Gasteiger partial charge in [0.25, 0.3) is 0 Å². The number of halogens is 3. The summed E-state index contributed by atoms with van der Waals surface area (Å²) in [6, 6.07) is -1.39. The van der Waals surface area contributed by atoms with Crippen molar-refractivity contribution in [2.24, 2.45) is 5.92 Å². The normalized spacial score (nSPS) is 22.7. The molecule has 0 aromatic heterocycles. The summed E-state index contributed by atoms with van der Waals surface area (Å²) in [5, 5.41) is 20.1. The van der Waals surface area contributed by atoms with E-state index in [-0.39, 0.29) is 6.42 Å². The van der Waals surface area contributed by atoms with Crippen molar-refractivity contribution in [3.05, 3.63) is 0 Å². The molecule has 0 spiro atoms. The van der Waals surface area contributed by atoms with Crippen LogP contribution in [0.15, 0.2) is 0 Å². The van der Waals surface area contributed by atoms with Crippen LogP contribution in [0.2, 0.25) is 0 Å². The van der Waals surface area contributed by atoms with E-state index in [1.165, 1.54) is 0 Å². The summed E-state index contributed by atoms with van der Waals surface area (Å²) in [5.74, 6) is -1.55. The number of carbonyl (C=O) groups excluding carboxylic acids is 1. The fourth-order valence-electron chi connectivity index (χ4n) is 2.40. The molecule has 0 saturated heterocycles. The van der Waals surface area contributed by atoms with Gasteiger partial charge in [0, 0.05) is 12.6 Å². The Hall–Kier alpha value is -1.51. The number of carboxylic acids is 1. The molecule has 9 heteroatoms. The highest BCUT2D eigenvalue weighted by Gasteiger charge is 2.34. The van der Waals surface area contributed by atoms with E-state index in [1.54, 1.807) is 0 Å². The first-order valence-electron chi connectivity index (χ1n) is 6.68. The van der Waals surface area contributed by atoms with Crippen molar-refractivity contribution in [2.45, 2.75) is 37.9 Å². The molecular formula is C12H19F3N2O4. The van der Waals surface area contributed by atoms with Crippen LogP contribution in [0.5, 0.6) is 0 Å². The molecule has 1 fully saturated rings. The molecule has 122 valence electrons. The number of urea groups is 1. The lowest BCUT2D eigenvalue weighted by Gasteiger charge is -2.30. The predicted octanol–water partition coefficient (Wildman–Crippen LogP) is 1.20. The second-order valence-electron chi connectivity index (χ2n) is 5.11. The van der Waals surface area contributed by atoms with Crippen molar-refractivity contribution in [1.82, 2.24) is 10.2 Å². The Morgan fingerprint density at radius 1 is 1.29 bits per heavy atom. The number of amides is 2. The highest BCUT2D eigenvalue weighted by Crippen LogP contribution is 2.25. The molecule has 1 saturated carbocycles. The maximum absolute atomic E-state index is 12.4. The van der Waals surface area contributed by atoms with Crippen LogP contribution in [0, 0.1) is 5.92 Å². The van der Waals surface area contributed by atoms with Crippen LogP contribution < -0.4 is 5.32 Å². The van der Waals surface area contributed by atoms with Gasteiger partial charge in [0.2, 0.25) is 0 Å². The quantitative estimate of drug-likeness (QED) is 0.711. The van der Waals surface area contributed by atoms with E-state index >= 15 is 0 Å². The molecule has 0 radical (unpaired) electrons. The zero-order chi connectivity index (χ0) is 16.0. The SMILES string of the molecule is O=C(O)C1CCCC(NC(=O)N(CCO)CC(F)(F)F)C1. The number of aliphatic carboxylic acids is 1. The number of rotatable bonds is 5. The van der Waals surface area contributed by atoms with E-state index in [2.05, 4.69) is 5.32 Å². The van der Waals surface area contributed by atoms with Crippen molar-refractivity contribution < 1.29 is 33.0 Å². The summed E-state index contributed by atoms with van der Waals surface area (Å²) < 4.78 is 37.1. The summed E-state index contributed by atoms with van der Waals surface area (Å²) in [7, 11) is 0. The lowest BCUT2D eigenvalue weighted by Crippen LogP contribution is -2.50. The molecule has 1 rings (SSSR count). The molecule has 1 aliphatic carbocycles. The van der Waals surface area contributed by atoms with Crippen LogP contribution in [0.4, 0.5) is 18.0 Å². The summed E-state index contributed by atoms with van der Waals surface area (Å²) in [5.41, 5.74) is 0. The highest BCUT2D eigenvalue weighted by molar-refractivity contribution is 5.75. The van der Waals surface area contributed by atoms with E-state index in [9.17, 15) is 22.8 Å². The van der Waals surface area contributed by atoms with Gasteiger partial charge in [0.05, 0.1) is 12.5 Å². The van der Waals surface area contributed by atoms with Gasteiger partial charge >= 0.3 is 18.2 Å². The van der Waals surface area contributed by atoms with Crippen molar-refractivity contribution in [2.75, 3.05) is 19.7 Å². The van der Waals surface area contributed by atoms with Gasteiger partial charge in [-0.1, -0.05) is 6.42 Å². The molecule has 0 bridgehead atoms. The van der Waals surface area contributed by atoms with Gasteiger partial charge in [-0.25, -0.2) is 4.79 Å². The molecule has 2 amide bonds. The van der Waals surface area contributed by atoms with Crippen LogP contribution in [0.1, 0.15) is 25.7 Å². The van der Waals surface area contributed by atoms with Gasteiger partial charge in [-0.2, -0.15) is 13.2 Å². The number of hydrogen-bond acceptors (Lipinski definition) is 3. The van der Waals surface area contributed by atoms with Crippen LogP contribution in [0.25, 0.3) is 0 Å². The summed E-state index contributed by atoms with van der Waals surface area (Å²) >= 11 is 0. The minimum absolute atomic E-state index is 0.208. The molecule has 1 aliphatic rings. The van der Waals surface area contributed by atoms with E-state index in [1.807, 2.05) is 0 Å². The van der Waals surface area contributed by atoms with Crippen LogP contribution in [-0.4, -0.2) is 59.0 Å². The number of hydrogen-bond donors (Lipinski definition) is 3. The van der Waals surface area contributed by atoms with Crippen molar-refractivity contribution in [3.63, 3.8) is 0 Å². The number of carbonyl (C=O) groups is 2. The number of nitrogens with one attached hydrogen (secondary N) is 1. The minimum Gasteiger partial charge on any atom is -0.481 e. The Morgan fingerprint density at radius 2 is 1.95 bits per heavy atom.